The van der Waals surface area contributed by atoms with E-state index in [-0.39, 0.29) is 28.6 Å². The van der Waals surface area contributed by atoms with E-state index >= 15 is 0 Å². The number of hydrogen-bond acceptors (Lipinski definition) is 5. The van der Waals surface area contributed by atoms with Crippen LogP contribution >= 0.6 is 11.6 Å². The Kier molecular flexibility index (Phi) is 5.23. The normalized spacial score (nSPS) is 15.1. The Balaban J connectivity index is 2.03. The fraction of sp³-hybridized carbons (Fsp3) is 0.667. The molecule has 7 nitrogen and oxygen atoms in total. The zero-order chi connectivity index (χ0) is 15.5. The SMILES string of the molecule is CCNS(=O)(=O)CCNc1c(Cl)cnn(CC2CC2)c1=O. The average Bonchev–Trinajstić information content (AvgIpc) is 3.21. The number of anilines is 1. The summed E-state index contributed by atoms with van der Waals surface area (Å²) in [5.74, 6) is 0.389. The predicted molar refractivity (Wildman–Crippen MR) is 82.2 cm³/mol. The monoisotopic (exact) mass is 334 g/mol. The maximum atomic E-state index is 12.2. The first-order valence-corrected chi connectivity index (χ1v) is 8.93. The maximum absolute atomic E-state index is 12.2. The summed E-state index contributed by atoms with van der Waals surface area (Å²) in [5.41, 5.74) is -0.103. The topological polar surface area (TPSA) is 93.1 Å². The molecule has 0 radical (unpaired) electrons. The second-order valence-corrected chi connectivity index (χ2v) is 7.38. The van der Waals surface area contributed by atoms with Crippen LogP contribution in [-0.2, 0) is 16.6 Å². The number of aromatic nitrogens is 2. The van der Waals surface area contributed by atoms with Gasteiger partial charge >= 0.3 is 0 Å². The van der Waals surface area contributed by atoms with Crippen LogP contribution in [0.15, 0.2) is 11.0 Å². The van der Waals surface area contributed by atoms with Crippen molar-refractivity contribution in [3.8, 4) is 0 Å². The van der Waals surface area contributed by atoms with Crippen LogP contribution in [0.3, 0.4) is 0 Å². The largest absolute Gasteiger partial charge is 0.378 e. The molecule has 0 amide bonds. The minimum Gasteiger partial charge on any atom is -0.378 e. The van der Waals surface area contributed by atoms with E-state index < -0.39 is 10.0 Å². The lowest BCUT2D eigenvalue weighted by Gasteiger charge is -2.10. The van der Waals surface area contributed by atoms with Crippen LogP contribution in [0.1, 0.15) is 19.8 Å². The molecule has 1 saturated carbocycles. The van der Waals surface area contributed by atoms with Crippen molar-refractivity contribution in [2.45, 2.75) is 26.3 Å². The van der Waals surface area contributed by atoms with Crippen molar-refractivity contribution < 1.29 is 8.42 Å². The van der Waals surface area contributed by atoms with E-state index in [9.17, 15) is 13.2 Å². The van der Waals surface area contributed by atoms with Crippen LogP contribution in [0.2, 0.25) is 5.02 Å². The van der Waals surface area contributed by atoms with Gasteiger partial charge in [0.25, 0.3) is 5.56 Å². The number of nitrogens with zero attached hydrogens (tertiary/aromatic N) is 2. The van der Waals surface area contributed by atoms with Gasteiger partial charge in [-0.1, -0.05) is 18.5 Å². The van der Waals surface area contributed by atoms with Crippen LogP contribution in [0.4, 0.5) is 5.69 Å². The molecule has 0 atom stereocenters. The van der Waals surface area contributed by atoms with Gasteiger partial charge in [-0.05, 0) is 18.8 Å². The highest BCUT2D eigenvalue weighted by Crippen LogP contribution is 2.30. The van der Waals surface area contributed by atoms with Crippen molar-refractivity contribution >= 4 is 27.3 Å². The lowest BCUT2D eigenvalue weighted by Crippen LogP contribution is -2.31. The molecule has 1 heterocycles. The molecular weight excluding hydrogens is 316 g/mol. The Morgan fingerprint density at radius 1 is 1.48 bits per heavy atom. The van der Waals surface area contributed by atoms with E-state index in [1.165, 1.54) is 10.9 Å². The number of nitrogens with one attached hydrogen (secondary N) is 2. The first kappa shape index (κ1) is 16.3. The lowest BCUT2D eigenvalue weighted by atomic mass is 10.4. The maximum Gasteiger partial charge on any atom is 0.291 e. The third kappa shape index (κ3) is 4.69. The molecule has 0 bridgehead atoms. The van der Waals surface area contributed by atoms with E-state index in [0.717, 1.165) is 12.8 Å². The van der Waals surface area contributed by atoms with Gasteiger partial charge in [0.15, 0.2) is 0 Å². The Morgan fingerprint density at radius 3 is 2.81 bits per heavy atom. The Labute approximate surface area is 128 Å². The van der Waals surface area contributed by atoms with Crippen LogP contribution in [-0.4, -0.2) is 37.0 Å². The van der Waals surface area contributed by atoms with Crippen LogP contribution < -0.4 is 15.6 Å². The number of hydrogen-bond donors (Lipinski definition) is 2. The van der Waals surface area contributed by atoms with E-state index in [2.05, 4.69) is 15.1 Å². The van der Waals surface area contributed by atoms with Crippen LogP contribution in [0.25, 0.3) is 0 Å². The van der Waals surface area contributed by atoms with Crippen molar-refractivity contribution in [1.82, 2.24) is 14.5 Å². The first-order chi connectivity index (χ1) is 9.93. The molecule has 0 spiro atoms. The molecule has 0 aliphatic heterocycles. The molecule has 0 unspecified atom stereocenters. The van der Waals surface area contributed by atoms with Gasteiger partial charge in [0.1, 0.15) is 5.69 Å². The minimum atomic E-state index is -3.33. The second kappa shape index (κ2) is 6.76. The summed E-state index contributed by atoms with van der Waals surface area (Å²) < 4.78 is 26.8. The molecule has 9 heteroatoms. The molecule has 1 aliphatic carbocycles. The number of halogens is 1. The first-order valence-electron chi connectivity index (χ1n) is 6.89. The van der Waals surface area contributed by atoms with E-state index in [1.807, 2.05) is 0 Å². The van der Waals surface area contributed by atoms with Crippen LogP contribution in [0.5, 0.6) is 0 Å². The molecular formula is C12H19ClN4O3S. The average molecular weight is 335 g/mol. The number of sulfonamides is 1. The molecule has 1 aliphatic rings. The molecule has 0 saturated heterocycles. The van der Waals surface area contributed by atoms with Gasteiger partial charge in [0.2, 0.25) is 10.0 Å². The molecule has 0 aromatic carbocycles. The van der Waals surface area contributed by atoms with Gasteiger partial charge in [-0.15, -0.1) is 0 Å². The van der Waals surface area contributed by atoms with Gasteiger partial charge < -0.3 is 5.32 Å². The zero-order valence-electron chi connectivity index (χ0n) is 11.8. The third-order valence-electron chi connectivity index (χ3n) is 3.16. The predicted octanol–water partition coefficient (Wildman–Crippen LogP) is 0.658. The molecule has 21 heavy (non-hydrogen) atoms. The summed E-state index contributed by atoms with van der Waals surface area (Å²) in [6, 6.07) is 0. The summed E-state index contributed by atoms with van der Waals surface area (Å²) in [4.78, 5) is 12.2. The molecule has 118 valence electrons. The van der Waals surface area contributed by atoms with Gasteiger partial charge in [0.05, 0.1) is 17.0 Å². The van der Waals surface area contributed by atoms with Gasteiger partial charge in [-0.25, -0.2) is 17.8 Å². The van der Waals surface area contributed by atoms with Crippen molar-refractivity contribution in [3.05, 3.63) is 21.6 Å². The highest BCUT2D eigenvalue weighted by Gasteiger charge is 2.23. The van der Waals surface area contributed by atoms with Gasteiger partial charge in [0, 0.05) is 19.6 Å². The fourth-order valence-corrected chi connectivity index (χ4v) is 3.05. The molecule has 1 aromatic rings. The third-order valence-corrected chi connectivity index (χ3v) is 4.92. The minimum absolute atomic E-state index is 0.109. The smallest absolute Gasteiger partial charge is 0.291 e. The summed E-state index contributed by atoms with van der Waals surface area (Å²) >= 11 is 5.96. The molecule has 2 N–H and O–H groups in total. The van der Waals surface area contributed by atoms with Gasteiger partial charge in [-0.2, -0.15) is 5.10 Å². The Bertz CT molecular complexity index is 655. The highest BCUT2D eigenvalue weighted by atomic mass is 35.5. The number of rotatable bonds is 8. The van der Waals surface area contributed by atoms with Gasteiger partial charge in [-0.3, -0.25) is 4.79 Å². The standard InChI is InChI=1S/C12H19ClN4O3S/c1-2-16-21(19,20)6-5-14-11-10(13)7-15-17(12(11)18)8-9-3-4-9/h7,9,14,16H,2-6,8H2,1H3. The summed E-state index contributed by atoms with van der Waals surface area (Å²) in [7, 11) is -3.33. The summed E-state index contributed by atoms with van der Waals surface area (Å²) in [6.45, 7) is 2.74. The fourth-order valence-electron chi connectivity index (χ4n) is 1.91. The molecule has 1 fully saturated rings. The summed E-state index contributed by atoms with van der Waals surface area (Å²) in [5, 5.41) is 7.01. The second-order valence-electron chi connectivity index (χ2n) is 5.04. The van der Waals surface area contributed by atoms with E-state index in [4.69, 9.17) is 11.6 Å². The quantitative estimate of drug-likeness (QED) is 0.728. The van der Waals surface area contributed by atoms with Crippen LogP contribution in [0, 0.1) is 5.92 Å². The molecule has 2 rings (SSSR count). The van der Waals surface area contributed by atoms with Crippen molar-refractivity contribution in [2.24, 2.45) is 5.92 Å². The Morgan fingerprint density at radius 2 is 2.19 bits per heavy atom. The highest BCUT2D eigenvalue weighted by molar-refractivity contribution is 7.89. The van der Waals surface area contributed by atoms with Crippen molar-refractivity contribution in [3.63, 3.8) is 0 Å². The lowest BCUT2D eigenvalue weighted by molar-refractivity contribution is 0.534. The Hall–Kier alpha value is -1.12. The molecule has 1 aromatic heterocycles. The summed E-state index contributed by atoms with van der Waals surface area (Å²) in [6.07, 6.45) is 3.63. The zero-order valence-corrected chi connectivity index (χ0v) is 13.4. The van der Waals surface area contributed by atoms with E-state index in [0.29, 0.717) is 19.0 Å². The van der Waals surface area contributed by atoms with Crippen molar-refractivity contribution in [1.29, 1.82) is 0 Å². The van der Waals surface area contributed by atoms with Crippen molar-refractivity contribution in [2.75, 3.05) is 24.2 Å². The van der Waals surface area contributed by atoms with E-state index in [1.54, 1.807) is 6.92 Å².